The molecule has 8 heteroatoms. The number of hydrogen-bond donors (Lipinski definition) is 1. The van der Waals surface area contributed by atoms with Crippen molar-refractivity contribution in [1.29, 1.82) is 0 Å². The van der Waals surface area contributed by atoms with Crippen LogP contribution in [0.5, 0.6) is 0 Å². The average Bonchev–Trinajstić information content (AvgIpc) is 2.34. The molecule has 0 saturated heterocycles. The molecule has 2 N–H and O–H groups in total. The molecule has 0 spiro atoms. The summed E-state index contributed by atoms with van der Waals surface area (Å²) in [6.45, 7) is 2.54. The first-order valence-corrected chi connectivity index (χ1v) is 5.50. The van der Waals surface area contributed by atoms with Crippen LogP contribution in [0.3, 0.4) is 0 Å². The number of hydrogen-bond acceptors (Lipinski definition) is 5. The maximum absolute atomic E-state index is 10.7. The molecule has 0 fully saturated rings. The van der Waals surface area contributed by atoms with Gasteiger partial charge in [-0.3, -0.25) is 0 Å². The zero-order chi connectivity index (χ0) is 9.90. The minimum Gasteiger partial charge on any atom is -0.229 e. The minimum atomic E-state index is -3.55. The molecule has 13 heavy (non-hydrogen) atoms. The van der Waals surface area contributed by atoms with Crippen LogP contribution in [0, 0.1) is 0 Å². The van der Waals surface area contributed by atoms with E-state index in [1.807, 2.05) is 6.92 Å². The van der Waals surface area contributed by atoms with Crippen LogP contribution in [0.4, 0.5) is 0 Å². The van der Waals surface area contributed by atoms with E-state index in [2.05, 4.69) is 15.5 Å². The molecule has 7 nitrogen and oxygen atoms in total. The Kier molecular flexibility index (Phi) is 2.94. The quantitative estimate of drug-likeness (QED) is 0.670. The minimum absolute atomic E-state index is 0.282. The van der Waals surface area contributed by atoms with E-state index in [9.17, 15) is 8.42 Å². The topological polar surface area (TPSA) is 104 Å². The molecule has 0 aromatic carbocycles. The fourth-order valence-corrected chi connectivity index (χ4v) is 1.46. The first-order valence-electron chi connectivity index (χ1n) is 3.78. The Bertz CT molecular complexity index is 370. The number of rotatable bonds is 4. The lowest BCUT2D eigenvalue weighted by Crippen LogP contribution is -2.18. The summed E-state index contributed by atoms with van der Waals surface area (Å²) in [5.74, 6) is -0.0376. The third kappa shape index (κ3) is 3.07. The highest BCUT2D eigenvalue weighted by molar-refractivity contribution is 7.88. The standard InChI is InChI=1S/C5H11N5O2S/c1-2-3-10-5(7-8-9-10)4-13(6,11)12/h2-4H2,1H3,(H2,6,11,12). The van der Waals surface area contributed by atoms with Crippen molar-refractivity contribution in [2.75, 3.05) is 0 Å². The molecule has 1 rings (SSSR count). The van der Waals surface area contributed by atoms with E-state index in [0.717, 1.165) is 6.42 Å². The lowest BCUT2D eigenvalue weighted by Gasteiger charge is -2.00. The average molecular weight is 205 g/mol. The molecule has 1 heterocycles. The summed E-state index contributed by atoms with van der Waals surface area (Å²) in [6, 6.07) is 0. The zero-order valence-electron chi connectivity index (χ0n) is 7.21. The summed E-state index contributed by atoms with van der Waals surface area (Å²) in [5, 5.41) is 15.4. The van der Waals surface area contributed by atoms with Gasteiger partial charge >= 0.3 is 0 Å². The predicted octanol–water partition coefficient (Wildman–Crippen LogP) is -1.13. The van der Waals surface area contributed by atoms with Crippen LogP contribution in [0.15, 0.2) is 0 Å². The van der Waals surface area contributed by atoms with E-state index in [4.69, 9.17) is 5.14 Å². The summed E-state index contributed by atoms with van der Waals surface area (Å²) in [5.41, 5.74) is 0. The van der Waals surface area contributed by atoms with E-state index < -0.39 is 10.0 Å². The van der Waals surface area contributed by atoms with Gasteiger partial charge in [0.1, 0.15) is 5.75 Å². The lowest BCUT2D eigenvalue weighted by molar-refractivity contribution is 0.556. The van der Waals surface area contributed by atoms with Crippen molar-refractivity contribution in [2.45, 2.75) is 25.6 Å². The molecule has 0 amide bonds. The van der Waals surface area contributed by atoms with Crippen LogP contribution in [0.1, 0.15) is 19.2 Å². The first kappa shape index (κ1) is 10.1. The van der Waals surface area contributed by atoms with E-state index >= 15 is 0 Å². The molecule has 1 aromatic rings. The van der Waals surface area contributed by atoms with Gasteiger partial charge in [-0.15, -0.1) is 5.10 Å². The monoisotopic (exact) mass is 205 g/mol. The Hall–Kier alpha value is -1.02. The first-order chi connectivity index (χ1) is 6.03. The van der Waals surface area contributed by atoms with Crippen molar-refractivity contribution in [3.63, 3.8) is 0 Å². The number of nitrogens with zero attached hydrogens (tertiary/aromatic N) is 4. The highest BCUT2D eigenvalue weighted by Gasteiger charge is 2.12. The summed E-state index contributed by atoms with van der Waals surface area (Å²) in [7, 11) is -3.55. The van der Waals surface area contributed by atoms with Crippen LogP contribution in [-0.2, 0) is 22.3 Å². The fraction of sp³-hybridized carbons (Fsp3) is 0.800. The number of aryl methyl sites for hydroxylation is 1. The molecule has 1 aromatic heterocycles. The normalized spacial score (nSPS) is 11.8. The van der Waals surface area contributed by atoms with Crippen LogP contribution in [0.2, 0.25) is 0 Å². The van der Waals surface area contributed by atoms with E-state index in [1.165, 1.54) is 4.68 Å². The summed E-state index contributed by atoms with van der Waals surface area (Å²) in [4.78, 5) is 0. The number of aromatic nitrogens is 4. The van der Waals surface area contributed by atoms with Gasteiger partial charge in [-0.05, 0) is 16.8 Å². The SMILES string of the molecule is CCCn1nnnc1CS(N)(=O)=O. The Morgan fingerprint density at radius 1 is 1.54 bits per heavy atom. The molecule has 0 unspecified atom stereocenters. The maximum atomic E-state index is 10.7. The van der Waals surface area contributed by atoms with Crippen molar-refractivity contribution < 1.29 is 8.42 Å². The second-order valence-corrected chi connectivity index (χ2v) is 4.24. The van der Waals surface area contributed by atoms with E-state index in [0.29, 0.717) is 6.54 Å². The van der Waals surface area contributed by atoms with Gasteiger partial charge in [0.15, 0.2) is 5.82 Å². The van der Waals surface area contributed by atoms with Gasteiger partial charge in [0.25, 0.3) is 0 Å². The fourth-order valence-electron chi connectivity index (χ4n) is 0.892. The van der Waals surface area contributed by atoms with Gasteiger partial charge in [-0.2, -0.15) is 0 Å². The molecular formula is C5H11N5O2S. The molecule has 0 aliphatic rings. The second-order valence-electron chi connectivity index (χ2n) is 2.63. The lowest BCUT2D eigenvalue weighted by atomic mass is 10.5. The van der Waals surface area contributed by atoms with Crippen molar-refractivity contribution >= 4 is 10.0 Å². The molecular weight excluding hydrogens is 194 g/mol. The largest absolute Gasteiger partial charge is 0.229 e. The summed E-state index contributed by atoms with van der Waals surface area (Å²) >= 11 is 0. The smallest absolute Gasteiger partial charge is 0.216 e. The van der Waals surface area contributed by atoms with Crippen LogP contribution in [-0.4, -0.2) is 28.6 Å². The van der Waals surface area contributed by atoms with E-state index in [-0.39, 0.29) is 11.6 Å². The van der Waals surface area contributed by atoms with Crippen molar-refractivity contribution in [1.82, 2.24) is 20.2 Å². The highest BCUT2D eigenvalue weighted by atomic mass is 32.2. The van der Waals surface area contributed by atoms with Crippen molar-refractivity contribution in [2.24, 2.45) is 5.14 Å². The van der Waals surface area contributed by atoms with E-state index in [1.54, 1.807) is 0 Å². The second kappa shape index (κ2) is 3.79. The Morgan fingerprint density at radius 2 is 2.23 bits per heavy atom. The Balaban J connectivity index is 2.82. The number of nitrogens with two attached hydrogens (primary N) is 1. The maximum Gasteiger partial charge on any atom is 0.216 e. The summed E-state index contributed by atoms with van der Waals surface area (Å²) < 4.78 is 22.9. The van der Waals surface area contributed by atoms with Crippen molar-refractivity contribution in [3.05, 3.63) is 5.82 Å². The molecule has 0 saturated carbocycles. The number of sulfonamides is 1. The van der Waals surface area contributed by atoms with Crippen LogP contribution >= 0.6 is 0 Å². The Labute approximate surface area is 76.0 Å². The van der Waals surface area contributed by atoms with Gasteiger partial charge in [0, 0.05) is 6.54 Å². The van der Waals surface area contributed by atoms with Gasteiger partial charge in [-0.1, -0.05) is 6.92 Å². The van der Waals surface area contributed by atoms with Gasteiger partial charge in [0.05, 0.1) is 0 Å². The van der Waals surface area contributed by atoms with Crippen LogP contribution in [0.25, 0.3) is 0 Å². The highest BCUT2D eigenvalue weighted by Crippen LogP contribution is 1.98. The molecule has 0 atom stereocenters. The van der Waals surface area contributed by atoms with Crippen LogP contribution < -0.4 is 5.14 Å². The summed E-state index contributed by atoms with van der Waals surface area (Å²) in [6.07, 6.45) is 0.836. The van der Waals surface area contributed by atoms with Crippen molar-refractivity contribution in [3.8, 4) is 0 Å². The van der Waals surface area contributed by atoms with Gasteiger partial charge < -0.3 is 0 Å². The molecule has 0 bridgehead atoms. The van der Waals surface area contributed by atoms with Gasteiger partial charge in [-0.25, -0.2) is 18.2 Å². The molecule has 0 aliphatic heterocycles. The molecule has 0 aliphatic carbocycles. The number of primary sulfonamides is 1. The molecule has 0 radical (unpaired) electrons. The third-order valence-corrected chi connectivity index (χ3v) is 2.03. The zero-order valence-corrected chi connectivity index (χ0v) is 8.03. The predicted molar refractivity (Wildman–Crippen MR) is 44.9 cm³/mol. The third-order valence-electron chi connectivity index (χ3n) is 1.37. The Morgan fingerprint density at radius 3 is 2.77 bits per heavy atom. The number of tetrazole rings is 1. The molecule has 74 valence electrons. The van der Waals surface area contributed by atoms with Gasteiger partial charge in [0.2, 0.25) is 10.0 Å².